The summed E-state index contributed by atoms with van der Waals surface area (Å²) in [6.45, 7) is 6.25. The number of amides is 1. The molecule has 0 saturated heterocycles. The Morgan fingerprint density at radius 3 is 2.40 bits per heavy atom. The maximum Gasteiger partial charge on any atom is 0.408 e. The Morgan fingerprint density at radius 1 is 1.28 bits per heavy atom. The first-order valence-electron chi connectivity index (χ1n) is 8.17. The average molecular weight is 364 g/mol. The molecule has 25 heavy (non-hydrogen) atoms. The topological polar surface area (TPSA) is 137 Å². The van der Waals surface area contributed by atoms with Crippen LogP contribution in [0, 0.1) is 10.1 Å². The molecule has 0 fully saturated rings. The first-order chi connectivity index (χ1) is 11.6. The van der Waals surface area contributed by atoms with Crippen LogP contribution >= 0.6 is 0 Å². The lowest BCUT2D eigenvalue weighted by atomic mass is 10.1. The van der Waals surface area contributed by atoms with Gasteiger partial charge >= 0.3 is 12.1 Å². The van der Waals surface area contributed by atoms with Gasteiger partial charge in [0.15, 0.2) is 6.04 Å². The summed E-state index contributed by atoms with van der Waals surface area (Å²) in [6.07, 6.45) is 0.717. The van der Waals surface area contributed by atoms with Crippen molar-refractivity contribution in [3.05, 3.63) is 10.1 Å². The van der Waals surface area contributed by atoms with Gasteiger partial charge in [-0.25, -0.2) is 9.59 Å². The van der Waals surface area contributed by atoms with Gasteiger partial charge in [-0.15, -0.1) is 10.1 Å². The molecular weight excluding hydrogens is 336 g/mol. The van der Waals surface area contributed by atoms with Crippen molar-refractivity contribution in [1.82, 2.24) is 5.32 Å². The fourth-order valence-electron chi connectivity index (χ4n) is 1.83. The number of unbranched alkanes of at least 4 members (excludes halogenated alkanes) is 1. The molecule has 0 rings (SSSR count). The van der Waals surface area contributed by atoms with Crippen LogP contribution in [0.1, 0.15) is 53.4 Å². The lowest BCUT2D eigenvalue weighted by molar-refractivity contribution is -0.768. The first-order valence-corrected chi connectivity index (χ1v) is 8.17. The second kappa shape index (κ2) is 11.5. The number of ether oxygens (including phenoxy) is 2. The van der Waals surface area contributed by atoms with Crippen LogP contribution in [-0.2, 0) is 19.1 Å². The summed E-state index contributed by atoms with van der Waals surface area (Å²) in [5.74, 6) is -0.776. The van der Waals surface area contributed by atoms with Gasteiger partial charge in [0.25, 0.3) is 5.09 Å². The highest BCUT2D eigenvalue weighted by molar-refractivity contribution is 5.81. The molecule has 2 N–H and O–H groups in total. The second-order valence-corrected chi connectivity index (χ2v) is 6.40. The van der Waals surface area contributed by atoms with E-state index in [1.807, 2.05) is 0 Å². The zero-order valence-electron chi connectivity index (χ0n) is 15.1. The van der Waals surface area contributed by atoms with Crippen LogP contribution < -0.4 is 5.32 Å². The molecule has 0 heterocycles. The molecule has 146 valence electrons. The number of alkyl carbamates (subject to hydrolysis) is 1. The van der Waals surface area contributed by atoms with E-state index in [0.29, 0.717) is 25.7 Å². The Labute approximate surface area is 146 Å². The zero-order valence-corrected chi connectivity index (χ0v) is 15.1. The minimum Gasteiger partial charge on any atom is -0.464 e. The summed E-state index contributed by atoms with van der Waals surface area (Å²) in [5.41, 5.74) is -0.727. The number of hydrogen-bond acceptors (Lipinski definition) is 8. The van der Waals surface area contributed by atoms with Gasteiger partial charge in [0.05, 0.1) is 13.2 Å². The summed E-state index contributed by atoms with van der Waals surface area (Å²) in [4.78, 5) is 38.2. The Balaban J connectivity index is 4.09. The van der Waals surface area contributed by atoms with Gasteiger partial charge in [-0.2, -0.15) is 0 Å². The third kappa shape index (κ3) is 12.0. The number of rotatable bonds is 11. The number of nitrogens with zero attached hydrogens (tertiary/aromatic N) is 1. The molecule has 0 aromatic heterocycles. The van der Waals surface area contributed by atoms with Gasteiger partial charge in [0.2, 0.25) is 0 Å². The number of aliphatic hydroxyl groups excluding tert-OH is 1. The van der Waals surface area contributed by atoms with Crippen LogP contribution in [-0.4, -0.2) is 53.2 Å². The zero-order chi connectivity index (χ0) is 19.5. The molecule has 0 saturated carbocycles. The van der Waals surface area contributed by atoms with Gasteiger partial charge in [0.1, 0.15) is 11.7 Å². The van der Waals surface area contributed by atoms with Crippen molar-refractivity contribution in [1.29, 1.82) is 0 Å². The largest absolute Gasteiger partial charge is 0.464 e. The minimum absolute atomic E-state index is 0.0697. The maximum atomic E-state index is 11.8. The van der Waals surface area contributed by atoms with E-state index in [1.54, 1.807) is 27.7 Å². The third-order valence-corrected chi connectivity index (χ3v) is 3.01. The number of carbonyl (C=O) groups is 2. The van der Waals surface area contributed by atoms with Crippen molar-refractivity contribution in [2.45, 2.75) is 71.1 Å². The van der Waals surface area contributed by atoms with Crippen LogP contribution in [0.3, 0.4) is 0 Å². The molecule has 2 atom stereocenters. The Morgan fingerprint density at radius 2 is 1.92 bits per heavy atom. The number of carbonyl (C=O) groups excluding carboxylic acids is 2. The van der Waals surface area contributed by atoms with Gasteiger partial charge < -0.3 is 24.7 Å². The predicted molar refractivity (Wildman–Crippen MR) is 87.2 cm³/mol. The molecule has 0 bridgehead atoms. The predicted octanol–water partition coefficient (Wildman–Crippen LogP) is 1.57. The molecule has 0 aromatic carbocycles. The van der Waals surface area contributed by atoms with E-state index in [4.69, 9.17) is 9.47 Å². The highest BCUT2D eigenvalue weighted by Gasteiger charge is 2.24. The van der Waals surface area contributed by atoms with Crippen molar-refractivity contribution in [3.8, 4) is 0 Å². The van der Waals surface area contributed by atoms with E-state index in [9.17, 15) is 24.8 Å². The molecule has 10 nitrogen and oxygen atoms in total. The van der Waals surface area contributed by atoms with Crippen LogP contribution in [0.2, 0.25) is 0 Å². The summed E-state index contributed by atoms with van der Waals surface area (Å²) in [7, 11) is 0. The quantitative estimate of drug-likeness (QED) is 0.244. The summed E-state index contributed by atoms with van der Waals surface area (Å²) in [5, 5.41) is 20.9. The first kappa shape index (κ1) is 22.9. The number of nitrogens with one attached hydrogen (secondary N) is 1. The smallest absolute Gasteiger partial charge is 0.408 e. The molecule has 0 aliphatic rings. The maximum absolute atomic E-state index is 11.8. The van der Waals surface area contributed by atoms with Crippen molar-refractivity contribution in [2.75, 3.05) is 13.2 Å². The van der Waals surface area contributed by atoms with E-state index in [2.05, 4.69) is 10.2 Å². The van der Waals surface area contributed by atoms with Crippen LogP contribution in [0.4, 0.5) is 4.79 Å². The Hall–Kier alpha value is -2.10. The lowest BCUT2D eigenvalue weighted by Crippen LogP contribution is -2.46. The van der Waals surface area contributed by atoms with E-state index in [-0.39, 0.29) is 6.61 Å². The number of aliphatic hydroxyl groups is 1. The highest BCUT2D eigenvalue weighted by Crippen LogP contribution is 2.09. The van der Waals surface area contributed by atoms with Crippen LogP contribution in [0.5, 0.6) is 0 Å². The minimum atomic E-state index is -1.21. The number of hydrogen-bond donors (Lipinski definition) is 2. The lowest BCUT2D eigenvalue weighted by Gasteiger charge is -2.22. The molecule has 1 amide bonds. The molecule has 0 spiro atoms. The highest BCUT2D eigenvalue weighted by atomic mass is 17.0. The number of esters is 1. The molecule has 0 radical (unpaired) electrons. The summed E-state index contributed by atoms with van der Waals surface area (Å²) < 4.78 is 9.97. The van der Waals surface area contributed by atoms with Crippen molar-refractivity contribution >= 4 is 12.1 Å². The molecule has 0 aromatic rings. The van der Waals surface area contributed by atoms with Crippen molar-refractivity contribution in [2.24, 2.45) is 0 Å². The van der Waals surface area contributed by atoms with E-state index in [0.717, 1.165) is 0 Å². The van der Waals surface area contributed by atoms with Gasteiger partial charge in [-0.05, 0) is 46.5 Å². The van der Waals surface area contributed by atoms with E-state index in [1.165, 1.54) is 0 Å². The van der Waals surface area contributed by atoms with Gasteiger partial charge in [-0.3, -0.25) is 0 Å². The third-order valence-electron chi connectivity index (χ3n) is 3.01. The normalized spacial score (nSPS) is 13.5. The second-order valence-electron chi connectivity index (χ2n) is 6.40. The summed E-state index contributed by atoms with van der Waals surface area (Å²) >= 11 is 0. The van der Waals surface area contributed by atoms with Crippen molar-refractivity contribution in [3.63, 3.8) is 0 Å². The Kier molecular flexibility index (Phi) is 10.5. The van der Waals surface area contributed by atoms with Gasteiger partial charge in [0, 0.05) is 0 Å². The average Bonchev–Trinajstić information content (AvgIpc) is 2.48. The van der Waals surface area contributed by atoms with Crippen LogP contribution in [0.25, 0.3) is 0 Å². The summed E-state index contributed by atoms with van der Waals surface area (Å²) in [6, 6.07) is -1.21. The fraction of sp³-hybridized carbons (Fsp3) is 0.867. The molecular formula is C15H28N2O8. The molecule has 10 heteroatoms. The fourth-order valence-corrected chi connectivity index (χ4v) is 1.83. The standard InChI is InChI=1S/C15H28N2O8/c1-5-11(25-17(21)22)8-6-7-9-23-13(19)12(10-18)16-14(20)24-15(2,3)4/h11-12,18H,5-10H2,1-4H3,(H,16,20). The van der Waals surface area contributed by atoms with Crippen molar-refractivity contribution < 1.29 is 34.1 Å². The van der Waals surface area contributed by atoms with Crippen LogP contribution in [0.15, 0.2) is 0 Å². The van der Waals surface area contributed by atoms with E-state index >= 15 is 0 Å². The Bertz CT molecular complexity index is 436. The molecule has 0 aliphatic heterocycles. The van der Waals surface area contributed by atoms with E-state index < -0.39 is 41.5 Å². The monoisotopic (exact) mass is 364 g/mol. The molecule has 0 aliphatic carbocycles. The van der Waals surface area contributed by atoms with Gasteiger partial charge in [-0.1, -0.05) is 6.92 Å². The molecule has 2 unspecified atom stereocenters. The SMILES string of the molecule is CCC(CCCCOC(=O)C(CO)NC(=O)OC(C)(C)C)O[N+](=O)[O-].